The molecule has 1 saturated heterocycles. The fourth-order valence-electron chi connectivity index (χ4n) is 3.31. The van der Waals surface area contributed by atoms with Gasteiger partial charge in [0.05, 0.1) is 59.5 Å². The highest BCUT2D eigenvalue weighted by molar-refractivity contribution is 4.94. The summed E-state index contributed by atoms with van der Waals surface area (Å²) in [6.45, 7) is 21.2. The second-order valence-electron chi connectivity index (χ2n) is 7.58. The Morgan fingerprint density at radius 2 is 1.18 bits per heavy atom. The van der Waals surface area contributed by atoms with Crippen LogP contribution in [0.25, 0.3) is 0 Å². The van der Waals surface area contributed by atoms with Crippen molar-refractivity contribution in [2.24, 2.45) is 0 Å². The summed E-state index contributed by atoms with van der Waals surface area (Å²) in [5.41, 5.74) is 0. The molecule has 196 valence electrons. The zero-order valence-corrected chi connectivity index (χ0v) is 20.8. The van der Waals surface area contributed by atoms with Crippen LogP contribution in [0.15, 0.2) is 50.6 Å². The van der Waals surface area contributed by atoms with Crippen molar-refractivity contribution < 1.29 is 37.9 Å². The standard InChI is InChI=1S/C26H44O8/c1-6-11-16-27-17-18-28-19-20-33-26-25(32-15-10-5)24(31-14-9-4)23(30-13-8-3)22(34-26)21-29-12-7-2/h7-10,22-26H,2-6,11-21H2,1H3/t22?,23-,24+,25?,26-/m1/s1. The van der Waals surface area contributed by atoms with Crippen LogP contribution < -0.4 is 0 Å². The van der Waals surface area contributed by atoms with Crippen LogP contribution in [0.5, 0.6) is 0 Å². The molecule has 1 rings (SSSR count). The highest BCUT2D eigenvalue weighted by Crippen LogP contribution is 2.29. The van der Waals surface area contributed by atoms with Crippen LogP contribution in [0.4, 0.5) is 0 Å². The molecule has 0 N–H and O–H groups in total. The number of hydrogen-bond donors (Lipinski definition) is 0. The third-order valence-electron chi connectivity index (χ3n) is 4.85. The Morgan fingerprint density at radius 3 is 1.79 bits per heavy atom. The molecule has 1 aliphatic rings. The van der Waals surface area contributed by atoms with Crippen LogP contribution in [0.1, 0.15) is 19.8 Å². The Hall–Kier alpha value is -1.36. The summed E-state index contributed by atoms with van der Waals surface area (Å²) in [6, 6.07) is 0. The number of rotatable bonds is 23. The molecule has 0 spiro atoms. The van der Waals surface area contributed by atoms with Gasteiger partial charge in [-0.2, -0.15) is 0 Å². The zero-order valence-electron chi connectivity index (χ0n) is 20.8. The Balaban J connectivity index is 2.79. The average Bonchev–Trinajstić information content (AvgIpc) is 2.85. The van der Waals surface area contributed by atoms with Gasteiger partial charge in [0.2, 0.25) is 0 Å². The lowest BCUT2D eigenvalue weighted by Crippen LogP contribution is -2.62. The molecule has 1 fully saturated rings. The SMILES string of the molecule is C=CCOCC1O[C@@H](OCCOCCOCCCC)C(OCC=C)[C@@H](OCC=C)[C@@H]1OCC=C. The summed E-state index contributed by atoms with van der Waals surface area (Å²) in [7, 11) is 0. The molecule has 34 heavy (non-hydrogen) atoms. The van der Waals surface area contributed by atoms with Crippen molar-refractivity contribution in [3.05, 3.63) is 50.6 Å². The number of hydrogen-bond acceptors (Lipinski definition) is 8. The molecule has 0 aromatic carbocycles. The summed E-state index contributed by atoms with van der Waals surface area (Å²) < 4.78 is 47.2. The van der Waals surface area contributed by atoms with Crippen LogP contribution in [-0.4, -0.2) is 96.8 Å². The predicted octanol–water partition coefficient (Wildman–Crippen LogP) is 3.48. The Morgan fingerprint density at radius 1 is 0.618 bits per heavy atom. The second-order valence-corrected chi connectivity index (χ2v) is 7.58. The van der Waals surface area contributed by atoms with Crippen molar-refractivity contribution >= 4 is 0 Å². The van der Waals surface area contributed by atoms with E-state index in [4.69, 9.17) is 37.9 Å². The van der Waals surface area contributed by atoms with Crippen molar-refractivity contribution in [3.63, 3.8) is 0 Å². The van der Waals surface area contributed by atoms with E-state index >= 15 is 0 Å². The van der Waals surface area contributed by atoms with Gasteiger partial charge in [-0.05, 0) is 6.42 Å². The molecule has 1 aliphatic heterocycles. The second kappa shape index (κ2) is 21.0. The molecule has 2 unspecified atom stereocenters. The van der Waals surface area contributed by atoms with Gasteiger partial charge < -0.3 is 37.9 Å². The summed E-state index contributed by atoms with van der Waals surface area (Å²) in [5.74, 6) is 0. The predicted molar refractivity (Wildman–Crippen MR) is 132 cm³/mol. The van der Waals surface area contributed by atoms with E-state index in [1.165, 1.54) is 0 Å². The normalized spacial score (nSPS) is 24.6. The molecule has 0 radical (unpaired) electrons. The minimum absolute atomic E-state index is 0.279. The minimum atomic E-state index is -0.708. The van der Waals surface area contributed by atoms with E-state index in [0.717, 1.165) is 19.4 Å². The maximum absolute atomic E-state index is 6.25. The van der Waals surface area contributed by atoms with Crippen molar-refractivity contribution in [3.8, 4) is 0 Å². The lowest BCUT2D eigenvalue weighted by molar-refractivity contribution is -0.320. The first-order valence-corrected chi connectivity index (χ1v) is 12.0. The van der Waals surface area contributed by atoms with Crippen LogP contribution >= 0.6 is 0 Å². The van der Waals surface area contributed by atoms with Gasteiger partial charge in [-0.3, -0.25) is 0 Å². The van der Waals surface area contributed by atoms with E-state index in [9.17, 15) is 0 Å². The molecular weight excluding hydrogens is 440 g/mol. The molecule has 0 bridgehead atoms. The molecule has 0 aliphatic carbocycles. The Labute approximate surface area is 205 Å². The van der Waals surface area contributed by atoms with Gasteiger partial charge in [-0.1, -0.05) is 37.6 Å². The van der Waals surface area contributed by atoms with E-state index in [1.807, 2.05) is 0 Å². The van der Waals surface area contributed by atoms with Crippen LogP contribution in [0.2, 0.25) is 0 Å². The van der Waals surface area contributed by atoms with Crippen LogP contribution in [-0.2, 0) is 37.9 Å². The fourth-order valence-corrected chi connectivity index (χ4v) is 3.31. The van der Waals surface area contributed by atoms with E-state index < -0.39 is 30.7 Å². The molecule has 8 nitrogen and oxygen atoms in total. The van der Waals surface area contributed by atoms with Crippen LogP contribution in [0, 0.1) is 0 Å². The van der Waals surface area contributed by atoms with Crippen molar-refractivity contribution in [1.82, 2.24) is 0 Å². The van der Waals surface area contributed by atoms with Gasteiger partial charge in [0.15, 0.2) is 6.29 Å². The minimum Gasteiger partial charge on any atom is -0.379 e. The maximum atomic E-state index is 6.25. The molecule has 8 heteroatoms. The average molecular weight is 485 g/mol. The van der Waals surface area contributed by atoms with Crippen molar-refractivity contribution in [2.75, 3.05) is 66.1 Å². The van der Waals surface area contributed by atoms with Crippen molar-refractivity contribution in [1.29, 1.82) is 0 Å². The Kier molecular flexibility index (Phi) is 18.9. The maximum Gasteiger partial charge on any atom is 0.187 e. The molecule has 0 aromatic rings. The number of unbranched alkanes of at least 4 members (excludes halogenated alkanes) is 1. The highest BCUT2D eigenvalue weighted by atomic mass is 16.7. The van der Waals surface area contributed by atoms with Crippen LogP contribution in [0.3, 0.4) is 0 Å². The highest BCUT2D eigenvalue weighted by Gasteiger charge is 2.48. The first-order chi connectivity index (χ1) is 16.7. The summed E-state index contributed by atoms with van der Waals surface area (Å²) in [4.78, 5) is 0. The smallest absolute Gasteiger partial charge is 0.187 e. The fraction of sp³-hybridized carbons (Fsp3) is 0.692. The van der Waals surface area contributed by atoms with E-state index in [0.29, 0.717) is 52.9 Å². The molecule has 5 atom stereocenters. The molecule has 1 heterocycles. The quantitative estimate of drug-likeness (QED) is 0.161. The first kappa shape index (κ1) is 30.7. The summed E-state index contributed by atoms with van der Waals surface area (Å²) >= 11 is 0. The molecular formula is C26H44O8. The van der Waals surface area contributed by atoms with Gasteiger partial charge in [0, 0.05) is 6.61 Å². The monoisotopic (exact) mass is 484 g/mol. The van der Waals surface area contributed by atoms with Gasteiger partial charge in [0.25, 0.3) is 0 Å². The summed E-state index contributed by atoms with van der Waals surface area (Å²) in [5, 5.41) is 0. The molecule has 0 saturated carbocycles. The van der Waals surface area contributed by atoms with Gasteiger partial charge in [-0.15, -0.1) is 26.3 Å². The first-order valence-electron chi connectivity index (χ1n) is 12.0. The van der Waals surface area contributed by atoms with Gasteiger partial charge in [0.1, 0.15) is 24.4 Å². The third-order valence-corrected chi connectivity index (χ3v) is 4.85. The van der Waals surface area contributed by atoms with Crippen molar-refractivity contribution in [2.45, 2.75) is 50.5 Å². The van der Waals surface area contributed by atoms with Gasteiger partial charge in [-0.25, -0.2) is 0 Å². The lowest BCUT2D eigenvalue weighted by Gasteiger charge is -2.45. The largest absolute Gasteiger partial charge is 0.379 e. The molecule has 0 aromatic heterocycles. The topological polar surface area (TPSA) is 73.8 Å². The van der Waals surface area contributed by atoms with E-state index in [1.54, 1.807) is 24.3 Å². The summed E-state index contributed by atoms with van der Waals surface area (Å²) in [6.07, 6.45) is 6.22. The molecule has 0 amide bonds. The van der Waals surface area contributed by atoms with Gasteiger partial charge >= 0.3 is 0 Å². The zero-order chi connectivity index (χ0) is 24.9. The van der Waals surface area contributed by atoms with E-state index in [-0.39, 0.29) is 6.61 Å². The lowest BCUT2D eigenvalue weighted by atomic mass is 9.98. The Bertz CT molecular complexity index is 541. The van der Waals surface area contributed by atoms with E-state index in [2.05, 4.69) is 33.2 Å². The third kappa shape index (κ3) is 12.4. The number of ether oxygens (including phenoxy) is 8.